The maximum absolute atomic E-state index is 13.3. The summed E-state index contributed by atoms with van der Waals surface area (Å²) in [5.41, 5.74) is 11.1. The summed E-state index contributed by atoms with van der Waals surface area (Å²) in [4.78, 5) is 12.5. The van der Waals surface area contributed by atoms with Gasteiger partial charge < -0.3 is 78.6 Å². The van der Waals surface area contributed by atoms with Crippen LogP contribution in [0.15, 0.2) is 315 Å². The maximum Gasteiger partial charge on any atom is 0.573 e. The van der Waals surface area contributed by atoms with E-state index in [-0.39, 0.29) is 88.4 Å². The summed E-state index contributed by atoms with van der Waals surface area (Å²) in [5, 5.41) is 33.2. The highest BCUT2D eigenvalue weighted by atomic mass is 32.1. The van der Waals surface area contributed by atoms with E-state index in [1.165, 1.54) is 81.4 Å². The lowest BCUT2D eigenvalue weighted by Gasteiger charge is -2.45. The standard InChI is InChI=1S/3C25H22F6N2O2.C22H19F3N2O.C3H3F3O.H2S/c3*26-24(27,28)23(34)16-33-21-12-5-4-11-20(21)32(15-22(33)18-8-2-1-3-9-18)14-17-7-6-10-19(13-17)35-25(29,30)31;23-22(24,25)28-18-10-6-7-16(13-18)14-27-15-20(17-8-2-1-3-9-17)26-19-11-4-5-12-21(19)27;4-3(5,6)2-1-7-2;/h3*1-13,22-23,34H,14-16H2;1-13,20,26H,14-15H2;2H,1H2;1H2/t2*22-,23?;;;;/m10..../s1. The number of halogens is 24. The smallest absolute Gasteiger partial charge is 0.406 e. The lowest BCUT2D eigenvalue weighted by Crippen LogP contribution is -2.49. The molecule has 16 nitrogen and oxygen atoms in total. The molecular formula is C100H90F24N8O8S. The quantitative estimate of drug-likeness (QED) is 0.0377. The van der Waals surface area contributed by atoms with Gasteiger partial charge in [0.1, 0.15) is 23.0 Å². The molecule has 0 aromatic heterocycles. The Kier molecular flexibility index (Phi) is 34.4. The van der Waals surface area contributed by atoms with Gasteiger partial charge in [0.2, 0.25) is 0 Å². The molecule has 12 aromatic rings. The monoisotopic (exact) mass is 2020 g/mol. The number of hydrogen-bond donors (Lipinski definition) is 4. The van der Waals surface area contributed by atoms with Crippen LogP contribution in [0.2, 0.25) is 0 Å². The Morgan fingerprint density at radius 3 is 0.759 bits per heavy atom. The van der Waals surface area contributed by atoms with Crippen LogP contribution in [0.1, 0.15) is 68.7 Å². The van der Waals surface area contributed by atoms with Crippen LogP contribution in [0, 0.1) is 0 Å². The molecule has 0 radical (unpaired) electrons. The van der Waals surface area contributed by atoms with E-state index < -0.39 is 112 Å². The van der Waals surface area contributed by atoms with Crippen molar-refractivity contribution < 1.29 is 144 Å². The summed E-state index contributed by atoms with van der Waals surface area (Å²) in [6.45, 7) is 0.378. The molecular weight excluding hydrogens is 1930 g/mol. The van der Waals surface area contributed by atoms with E-state index >= 15 is 0 Å². The molecule has 0 bridgehead atoms. The Bertz CT molecular complexity index is 5550. The summed E-state index contributed by atoms with van der Waals surface area (Å²) in [7, 11) is 0. The first-order valence-electron chi connectivity index (χ1n) is 43.1. The fourth-order valence-electron chi connectivity index (χ4n) is 16.5. The molecule has 0 aliphatic carbocycles. The Morgan fingerprint density at radius 1 is 0.284 bits per heavy atom. The van der Waals surface area contributed by atoms with Gasteiger partial charge in [-0.05, 0) is 142 Å². The predicted octanol–water partition coefficient (Wildman–Crippen LogP) is 25.0. The molecule has 17 rings (SSSR count). The summed E-state index contributed by atoms with van der Waals surface area (Å²) in [6, 6.07) is 86.7. The second-order valence-corrected chi connectivity index (χ2v) is 32.7. The average molecular weight is 2020 g/mol. The van der Waals surface area contributed by atoms with Crippen LogP contribution in [-0.4, -0.2) is 142 Å². The van der Waals surface area contributed by atoms with Crippen LogP contribution in [-0.2, 0) is 30.9 Å². The number of anilines is 8. The Hall–Kier alpha value is -13.3. The molecule has 12 aromatic carbocycles. The third-order valence-corrected chi connectivity index (χ3v) is 22.6. The number of alkyl halides is 24. The number of nitrogens with zero attached hydrogens (tertiary/aromatic N) is 7. The van der Waals surface area contributed by atoms with Crippen LogP contribution in [0.3, 0.4) is 0 Å². The predicted molar refractivity (Wildman–Crippen MR) is 487 cm³/mol. The molecule has 1 fully saturated rings. The molecule has 1 saturated heterocycles. The fourth-order valence-corrected chi connectivity index (χ4v) is 16.5. The molecule has 0 saturated carbocycles. The van der Waals surface area contributed by atoms with Crippen molar-refractivity contribution in [2.75, 3.05) is 92.0 Å². The summed E-state index contributed by atoms with van der Waals surface area (Å²) in [5.74, 6) is -1.26. The number of rotatable bonds is 22. The maximum atomic E-state index is 13.3. The molecule has 6 unspecified atom stereocenters. The second kappa shape index (κ2) is 45.6. The van der Waals surface area contributed by atoms with Gasteiger partial charge in [-0.2, -0.15) is 66.2 Å². The van der Waals surface area contributed by atoms with E-state index in [9.17, 15) is 121 Å². The topological polar surface area (TPSA) is 145 Å². The SMILES string of the molecule is FC(F)(F)C1CO1.FC(F)(F)Oc1cccc(CN2CC(c3ccccc3)Nc3ccccc32)c1.OC(CN1c2ccccc2N(Cc2cccc(OC(F)(F)F)c2)CC1c1ccccc1)C(F)(F)F.OC(CN1c2ccccc2N(Cc2cccc(OC(F)(F)F)c2)C[C@@H]1c1ccccc1)C(F)(F)F.OC(CN1c2ccccc2N(Cc2cccc(OC(F)(F)F)c2)C[C@H]1c1ccccc1)C(F)(F)F.S. The van der Waals surface area contributed by atoms with Crippen molar-refractivity contribution in [3.8, 4) is 23.0 Å². The molecule has 5 heterocycles. The molecule has 0 spiro atoms. The molecule has 5 aliphatic heterocycles. The first kappa shape index (κ1) is 107. The highest BCUT2D eigenvalue weighted by molar-refractivity contribution is 7.59. The Balaban J connectivity index is 0.000000164. The number of ether oxygens (including phenoxy) is 5. The van der Waals surface area contributed by atoms with E-state index in [1.54, 1.807) is 188 Å². The highest BCUT2D eigenvalue weighted by Crippen LogP contribution is 2.48. The number of nitrogens with one attached hydrogen (secondary N) is 1. The van der Waals surface area contributed by atoms with Crippen molar-refractivity contribution >= 4 is 59.0 Å². The zero-order chi connectivity index (χ0) is 101. The molecule has 752 valence electrons. The van der Waals surface area contributed by atoms with Crippen molar-refractivity contribution in [3.05, 3.63) is 360 Å². The fraction of sp³-hybridized carbons (Fsp3) is 0.280. The molecule has 41 heteroatoms. The minimum atomic E-state index is -4.82. The molecule has 4 N–H and O–H groups in total. The molecule has 8 atom stereocenters. The van der Waals surface area contributed by atoms with Gasteiger partial charge in [-0.3, -0.25) is 0 Å². The van der Waals surface area contributed by atoms with E-state index in [2.05, 4.69) is 46.0 Å². The largest absolute Gasteiger partial charge is 0.573 e. The Morgan fingerprint density at radius 2 is 0.518 bits per heavy atom. The molecule has 5 aliphatic rings. The number of epoxide rings is 1. The lowest BCUT2D eigenvalue weighted by atomic mass is 9.98. The van der Waals surface area contributed by atoms with Crippen molar-refractivity contribution in [2.24, 2.45) is 0 Å². The zero-order valence-corrected chi connectivity index (χ0v) is 74.7. The van der Waals surface area contributed by atoms with Crippen LogP contribution < -0.4 is 58.6 Å². The number of aliphatic hydroxyl groups is 3. The van der Waals surface area contributed by atoms with E-state index in [4.69, 9.17) is 0 Å². The van der Waals surface area contributed by atoms with Crippen molar-refractivity contribution in [2.45, 2.75) is 125 Å². The minimum Gasteiger partial charge on any atom is -0.406 e. The first-order chi connectivity index (χ1) is 66.1. The average Bonchev–Trinajstić information content (AvgIpc) is 1.04. The van der Waals surface area contributed by atoms with Gasteiger partial charge in [0.15, 0.2) is 24.4 Å². The van der Waals surface area contributed by atoms with Gasteiger partial charge in [0, 0.05) is 52.4 Å². The lowest BCUT2D eigenvalue weighted by molar-refractivity contribution is -0.275. The van der Waals surface area contributed by atoms with Gasteiger partial charge in [-0.1, -0.05) is 218 Å². The first-order valence-corrected chi connectivity index (χ1v) is 43.1. The second-order valence-electron chi connectivity index (χ2n) is 32.7. The van der Waals surface area contributed by atoms with E-state index in [0.717, 1.165) is 39.2 Å². The van der Waals surface area contributed by atoms with Gasteiger partial charge in [0.05, 0.1) is 95.9 Å². The van der Waals surface area contributed by atoms with Crippen molar-refractivity contribution in [1.82, 2.24) is 0 Å². The van der Waals surface area contributed by atoms with Crippen LogP contribution in [0.25, 0.3) is 0 Å². The highest BCUT2D eigenvalue weighted by Gasteiger charge is 2.50. The van der Waals surface area contributed by atoms with Crippen LogP contribution in [0.5, 0.6) is 23.0 Å². The Labute approximate surface area is 799 Å². The van der Waals surface area contributed by atoms with E-state index in [0.29, 0.717) is 63.9 Å². The van der Waals surface area contributed by atoms with Crippen LogP contribution >= 0.6 is 13.5 Å². The third kappa shape index (κ3) is 30.6. The van der Waals surface area contributed by atoms with Gasteiger partial charge in [0.25, 0.3) is 0 Å². The van der Waals surface area contributed by atoms with Crippen molar-refractivity contribution in [1.29, 1.82) is 0 Å². The van der Waals surface area contributed by atoms with Gasteiger partial charge >= 0.3 is 50.2 Å². The van der Waals surface area contributed by atoms with Crippen LogP contribution in [0.4, 0.5) is 151 Å². The minimum absolute atomic E-state index is 0. The number of fused-ring (bicyclic) bond motifs is 4. The van der Waals surface area contributed by atoms with Crippen molar-refractivity contribution in [3.63, 3.8) is 0 Å². The molecule has 141 heavy (non-hydrogen) atoms. The van der Waals surface area contributed by atoms with E-state index in [1.807, 2.05) is 63.2 Å². The van der Waals surface area contributed by atoms with Gasteiger partial charge in [-0.15, -0.1) is 52.7 Å². The zero-order valence-electron chi connectivity index (χ0n) is 73.7. The summed E-state index contributed by atoms with van der Waals surface area (Å²) >= 11 is 0. The van der Waals surface area contributed by atoms with Gasteiger partial charge in [-0.25, -0.2) is 0 Å². The third-order valence-electron chi connectivity index (χ3n) is 22.6. The number of benzene rings is 12. The normalized spacial score (nSPS) is 17.5. The summed E-state index contributed by atoms with van der Waals surface area (Å²) < 4.78 is 324. The number of hydrogen-bond acceptors (Lipinski definition) is 16. The number of aliphatic hydroxyl groups excluding tert-OH is 3. The number of β-amino-alcohol motifs (C(OH)–C–C–N with tert-alkyl or cyclic N) is 3. The number of para-hydroxylation sites is 8. The molecule has 0 amide bonds. The summed E-state index contributed by atoms with van der Waals surface area (Å²) in [6.07, 6.45) is -46.7.